The molecule has 1 saturated heterocycles. The van der Waals surface area contributed by atoms with Gasteiger partial charge < -0.3 is 5.32 Å². The van der Waals surface area contributed by atoms with Crippen molar-refractivity contribution >= 4 is 10.8 Å². The zero-order valence-electron chi connectivity index (χ0n) is 11.0. The van der Waals surface area contributed by atoms with Crippen LogP contribution in [0.3, 0.4) is 0 Å². The van der Waals surface area contributed by atoms with Crippen LogP contribution >= 0.6 is 0 Å². The Balaban J connectivity index is 1.82. The van der Waals surface area contributed by atoms with Crippen LogP contribution < -0.4 is 5.32 Å². The first-order chi connectivity index (χ1) is 8.83. The van der Waals surface area contributed by atoms with Gasteiger partial charge in [-0.2, -0.15) is 0 Å². The summed E-state index contributed by atoms with van der Waals surface area (Å²) in [7, 11) is 0. The maximum Gasteiger partial charge on any atom is 0.00389 e. The third-order valence-corrected chi connectivity index (χ3v) is 4.15. The largest absolute Gasteiger partial charge is 0.314 e. The SMILES string of the molecule is CC1CCC(Cc2cccc3ccccc23)CN1. The van der Waals surface area contributed by atoms with Crippen molar-refractivity contribution in [1.82, 2.24) is 5.32 Å². The maximum absolute atomic E-state index is 3.60. The summed E-state index contributed by atoms with van der Waals surface area (Å²) in [6.45, 7) is 3.46. The summed E-state index contributed by atoms with van der Waals surface area (Å²) in [5.41, 5.74) is 1.51. The lowest BCUT2D eigenvalue weighted by atomic mass is 9.88. The third-order valence-electron chi connectivity index (χ3n) is 4.15. The quantitative estimate of drug-likeness (QED) is 0.841. The average molecular weight is 239 g/mol. The van der Waals surface area contributed by atoms with E-state index >= 15 is 0 Å². The fourth-order valence-electron chi connectivity index (χ4n) is 3.01. The second kappa shape index (κ2) is 5.11. The molecule has 2 atom stereocenters. The zero-order chi connectivity index (χ0) is 12.4. The molecule has 1 N–H and O–H groups in total. The fourth-order valence-corrected chi connectivity index (χ4v) is 3.01. The Morgan fingerprint density at radius 1 is 1.06 bits per heavy atom. The molecule has 0 bridgehead atoms. The Morgan fingerprint density at radius 3 is 2.72 bits per heavy atom. The van der Waals surface area contributed by atoms with Crippen molar-refractivity contribution in [1.29, 1.82) is 0 Å². The van der Waals surface area contributed by atoms with E-state index in [0.717, 1.165) is 5.92 Å². The normalized spacial score (nSPS) is 24.3. The average Bonchev–Trinajstić information content (AvgIpc) is 2.42. The van der Waals surface area contributed by atoms with Gasteiger partial charge in [0, 0.05) is 6.04 Å². The topological polar surface area (TPSA) is 12.0 Å². The van der Waals surface area contributed by atoms with E-state index in [0.29, 0.717) is 6.04 Å². The smallest absolute Gasteiger partial charge is 0.00389 e. The van der Waals surface area contributed by atoms with Gasteiger partial charge >= 0.3 is 0 Å². The molecule has 2 aromatic rings. The summed E-state index contributed by atoms with van der Waals surface area (Å²) >= 11 is 0. The van der Waals surface area contributed by atoms with E-state index in [2.05, 4.69) is 54.7 Å². The monoisotopic (exact) mass is 239 g/mol. The molecule has 1 aliphatic heterocycles. The summed E-state index contributed by atoms with van der Waals surface area (Å²) < 4.78 is 0. The number of hydrogen-bond donors (Lipinski definition) is 1. The Hall–Kier alpha value is -1.34. The maximum atomic E-state index is 3.60. The minimum absolute atomic E-state index is 0.703. The van der Waals surface area contributed by atoms with Gasteiger partial charge in [0.15, 0.2) is 0 Å². The highest BCUT2D eigenvalue weighted by Crippen LogP contribution is 2.24. The number of benzene rings is 2. The molecule has 94 valence electrons. The van der Waals surface area contributed by atoms with Crippen LogP contribution in [0, 0.1) is 5.92 Å². The predicted octanol–water partition coefficient (Wildman–Crippen LogP) is 3.77. The van der Waals surface area contributed by atoms with Crippen LogP contribution in [0.15, 0.2) is 42.5 Å². The fraction of sp³-hybridized carbons (Fsp3) is 0.412. The molecule has 18 heavy (non-hydrogen) atoms. The van der Waals surface area contributed by atoms with Gasteiger partial charge in [-0.3, -0.25) is 0 Å². The van der Waals surface area contributed by atoms with E-state index in [1.807, 2.05) is 0 Å². The molecule has 0 aromatic heterocycles. The lowest BCUT2D eigenvalue weighted by Crippen LogP contribution is -2.37. The molecule has 1 fully saturated rings. The van der Waals surface area contributed by atoms with Crippen molar-refractivity contribution in [2.75, 3.05) is 6.54 Å². The summed E-state index contributed by atoms with van der Waals surface area (Å²) in [5.74, 6) is 0.798. The summed E-state index contributed by atoms with van der Waals surface area (Å²) in [6, 6.07) is 16.1. The molecule has 0 amide bonds. The van der Waals surface area contributed by atoms with Gasteiger partial charge in [-0.05, 0) is 55.0 Å². The molecule has 1 nitrogen and oxygen atoms in total. The van der Waals surface area contributed by atoms with E-state index in [4.69, 9.17) is 0 Å². The number of nitrogens with one attached hydrogen (secondary N) is 1. The van der Waals surface area contributed by atoms with E-state index in [-0.39, 0.29) is 0 Å². The van der Waals surface area contributed by atoms with Gasteiger partial charge in [-0.15, -0.1) is 0 Å². The lowest BCUT2D eigenvalue weighted by Gasteiger charge is -2.28. The van der Waals surface area contributed by atoms with Crippen LogP contribution in [0.5, 0.6) is 0 Å². The highest BCUT2D eigenvalue weighted by molar-refractivity contribution is 5.85. The molecular weight excluding hydrogens is 218 g/mol. The highest BCUT2D eigenvalue weighted by Gasteiger charge is 2.18. The van der Waals surface area contributed by atoms with Crippen LogP contribution in [-0.4, -0.2) is 12.6 Å². The molecule has 2 unspecified atom stereocenters. The molecule has 0 spiro atoms. The van der Waals surface area contributed by atoms with Crippen molar-refractivity contribution in [2.24, 2.45) is 5.92 Å². The Kier molecular flexibility index (Phi) is 3.33. The Labute approximate surface area is 109 Å². The third kappa shape index (κ3) is 2.41. The van der Waals surface area contributed by atoms with Gasteiger partial charge in [0.25, 0.3) is 0 Å². The molecule has 1 aliphatic rings. The van der Waals surface area contributed by atoms with Crippen LogP contribution in [0.25, 0.3) is 10.8 Å². The summed E-state index contributed by atoms with van der Waals surface area (Å²) in [4.78, 5) is 0. The molecule has 0 aliphatic carbocycles. The Morgan fingerprint density at radius 2 is 1.89 bits per heavy atom. The van der Waals surface area contributed by atoms with Crippen molar-refractivity contribution in [3.8, 4) is 0 Å². The van der Waals surface area contributed by atoms with E-state index in [9.17, 15) is 0 Å². The van der Waals surface area contributed by atoms with Crippen molar-refractivity contribution in [3.63, 3.8) is 0 Å². The van der Waals surface area contributed by atoms with Gasteiger partial charge in [0.1, 0.15) is 0 Å². The minimum atomic E-state index is 0.703. The van der Waals surface area contributed by atoms with Gasteiger partial charge in [-0.1, -0.05) is 42.5 Å². The van der Waals surface area contributed by atoms with E-state index in [1.54, 1.807) is 0 Å². The first-order valence-electron chi connectivity index (χ1n) is 7.03. The molecule has 0 radical (unpaired) electrons. The molecule has 1 heteroatoms. The minimum Gasteiger partial charge on any atom is -0.314 e. The van der Waals surface area contributed by atoms with Crippen molar-refractivity contribution in [2.45, 2.75) is 32.2 Å². The first-order valence-corrected chi connectivity index (χ1v) is 7.03. The zero-order valence-corrected chi connectivity index (χ0v) is 11.0. The molecule has 2 aromatic carbocycles. The standard InChI is InChI=1S/C17H21N/c1-13-9-10-14(12-18-13)11-16-7-4-6-15-5-2-3-8-17(15)16/h2-8,13-14,18H,9-12H2,1H3. The second-order valence-corrected chi connectivity index (χ2v) is 5.60. The molecule has 1 heterocycles. The number of fused-ring (bicyclic) bond motifs is 1. The number of rotatable bonds is 2. The second-order valence-electron chi connectivity index (χ2n) is 5.60. The van der Waals surface area contributed by atoms with Crippen LogP contribution in [0.4, 0.5) is 0 Å². The summed E-state index contributed by atoms with van der Waals surface area (Å²) in [6.07, 6.45) is 3.88. The van der Waals surface area contributed by atoms with Crippen molar-refractivity contribution < 1.29 is 0 Å². The van der Waals surface area contributed by atoms with Gasteiger partial charge in [-0.25, -0.2) is 0 Å². The summed E-state index contributed by atoms with van der Waals surface area (Å²) in [5, 5.41) is 6.40. The highest BCUT2D eigenvalue weighted by atomic mass is 14.9. The first kappa shape index (κ1) is 11.7. The Bertz CT molecular complexity index is 519. The number of hydrogen-bond acceptors (Lipinski definition) is 1. The molecular formula is C17H21N. The van der Waals surface area contributed by atoms with E-state index in [1.165, 1.54) is 42.1 Å². The number of piperidine rings is 1. The van der Waals surface area contributed by atoms with Crippen LogP contribution in [0.2, 0.25) is 0 Å². The van der Waals surface area contributed by atoms with Crippen molar-refractivity contribution in [3.05, 3.63) is 48.0 Å². The van der Waals surface area contributed by atoms with Gasteiger partial charge in [0.05, 0.1) is 0 Å². The van der Waals surface area contributed by atoms with Gasteiger partial charge in [0.2, 0.25) is 0 Å². The predicted molar refractivity (Wildman–Crippen MR) is 77.8 cm³/mol. The van der Waals surface area contributed by atoms with Crippen LogP contribution in [0.1, 0.15) is 25.3 Å². The molecule has 3 rings (SSSR count). The molecule has 0 saturated carbocycles. The lowest BCUT2D eigenvalue weighted by molar-refractivity contribution is 0.322. The van der Waals surface area contributed by atoms with E-state index < -0.39 is 0 Å². The van der Waals surface area contributed by atoms with Crippen LogP contribution in [-0.2, 0) is 6.42 Å².